The van der Waals surface area contributed by atoms with Crippen molar-refractivity contribution in [2.24, 2.45) is 4.99 Å². The molecule has 1 saturated heterocycles. The molecule has 0 radical (unpaired) electrons. The molecule has 0 aromatic carbocycles. The second-order valence-corrected chi connectivity index (χ2v) is 4.81. The highest BCUT2D eigenvalue weighted by Crippen LogP contribution is 2.18. The van der Waals surface area contributed by atoms with Gasteiger partial charge >= 0.3 is 0 Å². The second-order valence-electron chi connectivity index (χ2n) is 4.81. The predicted molar refractivity (Wildman–Crippen MR) is 83.3 cm³/mol. The summed E-state index contributed by atoms with van der Waals surface area (Å²) in [5, 5.41) is 6.75. The highest BCUT2D eigenvalue weighted by molar-refractivity contribution is 14.0. The number of nitrogens with zero attached hydrogens (tertiary/aromatic N) is 2. The molecule has 1 unspecified atom stereocenters. The lowest BCUT2D eigenvalue weighted by Crippen LogP contribution is -2.45. The van der Waals surface area contributed by atoms with E-state index in [1.165, 1.54) is 12.8 Å². The molecule has 1 atom stereocenters. The number of hydrogen-bond donors (Lipinski definition) is 2. The van der Waals surface area contributed by atoms with E-state index in [0.717, 1.165) is 25.5 Å². The Morgan fingerprint density at radius 1 is 1.28 bits per heavy atom. The molecule has 18 heavy (non-hydrogen) atoms. The summed E-state index contributed by atoms with van der Waals surface area (Å²) >= 11 is 0. The third kappa shape index (κ3) is 4.29. The Bertz CT molecular complexity index is 317. The van der Waals surface area contributed by atoms with E-state index in [2.05, 4.69) is 15.6 Å². The fourth-order valence-corrected chi connectivity index (χ4v) is 2.11. The van der Waals surface area contributed by atoms with Crippen LogP contribution >= 0.6 is 24.0 Å². The molecular formula is C12H23IN4O. The van der Waals surface area contributed by atoms with Gasteiger partial charge in [-0.25, -0.2) is 0 Å². The SMILES string of the molecule is CCC(=O)N1CCC(NC(=NC)NC2CC2)C1.I. The van der Waals surface area contributed by atoms with Crippen LogP contribution in [0.4, 0.5) is 0 Å². The van der Waals surface area contributed by atoms with Crippen molar-refractivity contribution in [3.8, 4) is 0 Å². The first-order valence-corrected chi connectivity index (χ1v) is 6.50. The van der Waals surface area contributed by atoms with Crippen LogP contribution in [0.5, 0.6) is 0 Å². The monoisotopic (exact) mass is 366 g/mol. The minimum Gasteiger partial charge on any atom is -0.354 e. The van der Waals surface area contributed by atoms with E-state index in [1.54, 1.807) is 7.05 Å². The van der Waals surface area contributed by atoms with Crippen LogP contribution in [0.1, 0.15) is 32.6 Å². The Kier molecular flexibility index (Phi) is 6.17. The molecule has 0 aromatic heterocycles. The van der Waals surface area contributed by atoms with Crippen LogP contribution in [0.25, 0.3) is 0 Å². The highest BCUT2D eigenvalue weighted by Gasteiger charge is 2.27. The lowest BCUT2D eigenvalue weighted by Gasteiger charge is -2.18. The van der Waals surface area contributed by atoms with Crippen molar-refractivity contribution in [1.82, 2.24) is 15.5 Å². The van der Waals surface area contributed by atoms with Gasteiger partial charge in [-0.1, -0.05) is 6.92 Å². The highest BCUT2D eigenvalue weighted by atomic mass is 127. The van der Waals surface area contributed by atoms with Crippen molar-refractivity contribution in [3.63, 3.8) is 0 Å². The third-order valence-electron chi connectivity index (χ3n) is 3.33. The zero-order chi connectivity index (χ0) is 12.3. The van der Waals surface area contributed by atoms with Gasteiger partial charge in [0.1, 0.15) is 0 Å². The van der Waals surface area contributed by atoms with Crippen LogP contribution in [0, 0.1) is 0 Å². The Morgan fingerprint density at radius 2 is 1.94 bits per heavy atom. The average Bonchev–Trinajstić information content (AvgIpc) is 3.04. The number of amides is 1. The van der Waals surface area contributed by atoms with Crippen molar-refractivity contribution in [2.75, 3.05) is 20.1 Å². The summed E-state index contributed by atoms with van der Waals surface area (Å²) in [6.07, 6.45) is 4.09. The Balaban J connectivity index is 0.00000162. The molecule has 0 aromatic rings. The Hall–Kier alpha value is -0.530. The molecular weight excluding hydrogens is 343 g/mol. The lowest BCUT2D eigenvalue weighted by atomic mass is 10.3. The van der Waals surface area contributed by atoms with Gasteiger partial charge in [0.2, 0.25) is 5.91 Å². The van der Waals surface area contributed by atoms with E-state index in [4.69, 9.17) is 0 Å². The molecule has 0 bridgehead atoms. The zero-order valence-corrected chi connectivity index (χ0v) is 13.4. The fourth-order valence-electron chi connectivity index (χ4n) is 2.11. The quantitative estimate of drug-likeness (QED) is 0.444. The molecule has 1 aliphatic heterocycles. The van der Waals surface area contributed by atoms with Gasteiger partial charge in [-0.05, 0) is 19.3 Å². The fraction of sp³-hybridized carbons (Fsp3) is 0.833. The maximum atomic E-state index is 11.6. The van der Waals surface area contributed by atoms with Crippen LogP contribution in [0.3, 0.4) is 0 Å². The van der Waals surface area contributed by atoms with Crippen molar-refractivity contribution in [3.05, 3.63) is 0 Å². The molecule has 1 saturated carbocycles. The Labute approximate surface area is 126 Å². The smallest absolute Gasteiger partial charge is 0.222 e. The van der Waals surface area contributed by atoms with Crippen LogP contribution in [-0.2, 0) is 4.79 Å². The van der Waals surface area contributed by atoms with Gasteiger partial charge in [0.25, 0.3) is 0 Å². The largest absolute Gasteiger partial charge is 0.354 e. The van der Waals surface area contributed by atoms with Crippen molar-refractivity contribution >= 4 is 35.8 Å². The van der Waals surface area contributed by atoms with Gasteiger partial charge in [0.05, 0.1) is 0 Å². The molecule has 1 aliphatic carbocycles. The summed E-state index contributed by atoms with van der Waals surface area (Å²) < 4.78 is 0. The molecule has 1 heterocycles. The minimum atomic E-state index is 0. The number of rotatable bonds is 3. The summed E-state index contributed by atoms with van der Waals surface area (Å²) in [5.41, 5.74) is 0. The molecule has 2 N–H and O–H groups in total. The first kappa shape index (κ1) is 15.5. The van der Waals surface area contributed by atoms with E-state index in [0.29, 0.717) is 18.5 Å². The number of nitrogens with one attached hydrogen (secondary N) is 2. The van der Waals surface area contributed by atoms with Gasteiger partial charge < -0.3 is 15.5 Å². The van der Waals surface area contributed by atoms with E-state index in [-0.39, 0.29) is 29.9 Å². The number of guanidine groups is 1. The first-order chi connectivity index (χ1) is 8.22. The number of halogens is 1. The summed E-state index contributed by atoms with van der Waals surface area (Å²) in [6, 6.07) is 0.950. The molecule has 2 aliphatic rings. The maximum Gasteiger partial charge on any atom is 0.222 e. The molecule has 1 amide bonds. The molecule has 6 heteroatoms. The number of aliphatic imine (C=N–C) groups is 1. The molecule has 5 nitrogen and oxygen atoms in total. The standard InChI is InChI=1S/C12H22N4O.HI/c1-3-11(17)16-7-6-10(8-16)15-12(13-2)14-9-4-5-9;/h9-10H,3-8H2,1-2H3,(H2,13,14,15);1H. The second kappa shape index (κ2) is 7.16. The first-order valence-electron chi connectivity index (χ1n) is 6.50. The van der Waals surface area contributed by atoms with E-state index >= 15 is 0 Å². The van der Waals surface area contributed by atoms with Crippen molar-refractivity contribution in [1.29, 1.82) is 0 Å². The van der Waals surface area contributed by atoms with E-state index in [9.17, 15) is 4.79 Å². The van der Waals surface area contributed by atoms with Gasteiger partial charge in [0, 0.05) is 38.6 Å². The summed E-state index contributed by atoms with van der Waals surface area (Å²) in [5.74, 6) is 1.13. The van der Waals surface area contributed by atoms with Crippen LogP contribution < -0.4 is 10.6 Å². The van der Waals surface area contributed by atoms with Crippen LogP contribution in [-0.4, -0.2) is 49.0 Å². The topological polar surface area (TPSA) is 56.7 Å². The Morgan fingerprint density at radius 3 is 2.50 bits per heavy atom. The minimum absolute atomic E-state index is 0. The van der Waals surface area contributed by atoms with Crippen LogP contribution in [0.15, 0.2) is 4.99 Å². The van der Waals surface area contributed by atoms with Gasteiger partial charge in [-0.3, -0.25) is 9.79 Å². The van der Waals surface area contributed by atoms with Gasteiger partial charge in [-0.15, -0.1) is 24.0 Å². The number of likely N-dealkylation sites (tertiary alicyclic amines) is 1. The van der Waals surface area contributed by atoms with Crippen molar-refractivity contribution < 1.29 is 4.79 Å². The van der Waals surface area contributed by atoms with Gasteiger partial charge in [-0.2, -0.15) is 0 Å². The molecule has 0 spiro atoms. The van der Waals surface area contributed by atoms with E-state index < -0.39 is 0 Å². The summed E-state index contributed by atoms with van der Waals surface area (Å²) in [7, 11) is 1.79. The van der Waals surface area contributed by atoms with E-state index in [1.807, 2.05) is 11.8 Å². The third-order valence-corrected chi connectivity index (χ3v) is 3.33. The zero-order valence-electron chi connectivity index (χ0n) is 11.1. The average molecular weight is 366 g/mol. The molecule has 2 rings (SSSR count). The van der Waals surface area contributed by atoms with Gasteiger partial charge in [0.15, 0.2) is 5.96 Å². The molecule has 104 valence electrons. The lowest BCUT2D eigenvalue weighted by molar-refractivity contribution is -0.129. The molecule has 2 fully saturated rings. The summed E-state index contributed by atoms with van der Waals surface area (Å²) in [4.78, 5) is 17.7. The maximum absolute atomic E-state index is 11.6. The predicted octanol–water partition coefficient (Wildman–Crippen LogP) is 0.943. The van der Waals surface area contributed by atoms with Crippen LogP contribution in [0.2, 0.25) is 0 Å². The number of carbonyl (C=O) groups is 1. The normalized spacial score (nSPS) is 23.6. The summed E-state index contributed by atoms with van der Waals surface area (Å²) in [6.45, 7) is 3.58. The van der Waals surface area contributed by atoms with Crippen molar-refractivity contribution in [2.45, 2.75) is 44.7 Å². The number of carbonyl (C=O) groups excluding carboxylic acids is 1. The number of hydrogen-bond acceptors (Lipinski definition) is 2.